The minimum absolute atomic E-state index is 0.0139. The molecule has 0 saturated heterocycles. The highest BCUT2D eigenvalue weighted by Gasteiger charge is 2.41. The number of aromatic nitrogens is 1. The van der Waals surface area contributed by atoms with Crippen molar-refractivity contribution in [3.05, 3.63) is 30.0 Å². The average Bonchev–Trinajstić information content (AvgIpc) is 2.79. The Kier molecular flexibility index (Phi) is 3.12. The lowest BCUT2D eigenvalue weighted by Crippen LogP contribution is -2.35. The molecule has 2 aromatic rings. The lowest BCUT2D eigenvalue weighted by atomic mass is 9.69. The molecule has 1 aliphatic carbocycles. The summed E-state index contributed by atoms with van der Waals surface area (Å²) >= 11 is 0. The fraction of sp³-hybridized carbons (Fsp3) is 0.412. The normalized spacial score (nSPS) is 19.2. The standard InChI is InChI=1S/C17H19NO3/c1-17(2)7-14(19)16(15(20)8-17)12-9-18-13-5-4-10(21-3)6-11(12)13/h4-6,9,16,18H,7-8H2,1-3H3. The highest BCUT2D eigenvalue weighted by Crippen LogP contribution is 2.40. The summed E-state index contributed by atoms with van der Waals surface area (Å²) in [5.41, 5.74) is 1.46. The number of ether oxygens (including phenoxy) is 1. The van der Waals surface area contributed by atoms with Gasteiger partial charge in [-0.3, -0.25) is 9.59 Å². The second-order valence-corrected chi connectivity index (χ2v) is 6.54. The summed E-state index contributed by atoms with van der Waals surface area (Å²) in [6, 6.07) is 5.64. The molecule has 3 rings (SSSR count). The van der Waals surface area contributed by atoms with E-state index in [2.05, 4.69) is 4.98 Å². The maximum absolute atomic E-state index is 12.5. The van der Waals surface area contributed by atoms with Gasteiger partial charge in [0.1, 0.15) is 23.2 Å². The molecule has 1 N–H and O–H groups in total. The number of H-pyrrole nitrogens is 1. The molecular formula is C17H19NO3. The van der Waals surface area contributed by atoms with Gasteiger partial charge in [-0.2, -0.15) is 0 Å². The van der Waals surface area contributed by atoms with E-state index in [0.717, 1.165) is 22.2 Å². The Labute approximate surface area is 123 Å². The van der Waals surface area contributed by atoms with E-state index >= 15 is 0 Å². The zero-order valence-corrected chi connectivity index (χ0v) is 12.5. The Morgan fingerprint density at radius 2 is 1.86 bits per heavy atom. The number of hydrogen-bond donors (Lipinski definition) is 1. The third kappa shape index (κ3) is 2.35. The van der Waals surface area contributed by atoms with Crippen LogP contribution in [0, 0.1) is 5.41 Å². The third-order valence-corrected chi connectivity index (χ3v) is 4.18. The van der Waals surface area contributed by atoms with E-state index in [1.807, 2.05) is 32.0 Å². The van der Waals surface area contributed by atoms with Crippen LogP contribution >= 0.6 is 0 Å². The van der Waals surface area contributed by atoms with Crippen LogP contribution in [0.25, 0.3) is 10.9 Å². The Balaban J connectivity index is 2.08. The van der Waals surface area contributed by atoms with Crippen molar-refractivity contribution in [1.29, 1.82) is 0 Å². The molecule has 0 atom stereocenters. The summed E-state index contributed by atoms with van der Waals surface area (Å²) in [7, 11) is 1.60. The van der Waals surface area contributed by atoms with Crippen molar-refractivity contribution in [2.45, 2.75) is 32.6 Å². The number of Topliss-reactive ketones (excluding diaryl/α,β-unsaturated/α-hetero) is 2. The Bertz CT molecular complexity index is 707. The van der Waals surface area contributed by atoms with Crippen LogP contribution in [0.4, 0.5) is 0 Å². The van der Waals surface area contributed by atoms with Crippen LogP contribution < -0.4 is 4.74 Å². The highest BCUT2D eigenvalue weighted by atomic mass is 16.5. The molecule has 0 spiro atoms. The van der Waals surface area contributed by atoms with Crippen LogP contribution in [0.1, 0.15) is 38.2 Å². The van der Waals surface area contributed by atoms with Crippen LogP contribution in [0.5, 0.6) is 5.75 Å². The van der Waals surface area contributed by atoms with Gasteiger partial charge < -0.3 is 9.72 Å². The number of methoxy groups -OCH3 is 1. The predicted molar refractivity (Wildman–Crippen MR) is 80.6 cm³/mol. The van der Waals surface area contributed by atoms with Crippen LogP contribution in [0.3, 0.4) is 0 Å². The van der Waals surface area contributed by atoms with E-state index in [4.69, 9.17) is 4.74 Å². The highest BCUT2D eigenvalue weighted by molar-refractivity contribution is 6.12. The average molecular weight is 285 g/mol. The predicted octanol–water partition coefficient (Wildman–Crippen LogP) is 3.22. The van der Waals surface area contributed by atoms with E-state index < -0.39 is 5.92 Å². The van der Waals surface area contributed by atoms with Gasteiger partial charge >= 0.3 is 0 Å². The Morgan fingerprint density at radius 1 is 1.19 bits per heavy atom. The number of nitrogens with one attached hydrogen (secondary N) is 1. The number of ketones is 2. The third-order valence-electron chi connectivity index (χ3n) is 4.18. The number of carbonyl (C=O) groups is 2. The number of rotatable bonds is 2. The van der Waals surface area contributed by atoms with Crippen molar-refractivity contribution in [1.82, 2.24) is 4.98 Å². The second kappa shape index (κ2) is 4.72. The molecule has 0 unspecified atom stereocenters. The van der Waals surface area contributed by atoms with Gasteiger partial charge in [0.2, 0.25) is 0 Å². The lowest BCUT2D eigenvalue weighted by Gasteiger charge is -2.31. The van der Waals surface area contributed by atoms with Crippen molar-refractivity contribution < 1.29 is 14.3 Å². The molecule has 1 saturated carbocycles. The molecule has 0 bridgehead atoms. The van der Waals surface area contributed by atoms with Crippen molar-refractivity contribution in [2.24, 2.45) is 5.41 Å². The quantitative estimate of drug-likeness (QED) is 0.862. The van der Waals surface area contributed by atoms with Crippen LogP contribution in [0.15, 0.2) is 24.4 Å². The second-order valence-electron chi connectivity index (χ2n) is 6.54. The lowest BCUT2D eigenvalue weighted by molar-refractivity contribution is -0.135. The van der Waals surface area contributed by atoms with E-state index in [-0.39, 0.29) is 17.0 Å². The molecule has 0 radical (unpaired) electrons. The van der Waals surface area contributed by atoms with Crippen LogP contribution in [-0.4, -0.2) is 23.7 Å². The summed E-state index contributed by atoms with van der Waals surface area (Å²) < 4.78 is 5.24. The molecule has 4 heteroatoms. The first-order chi connectivity index (χ1) is 9.91. The molecule has 0 amide bonds. The molecule has 1 aromatic heterocycles. The number of carbonyl (C=O) groups excluding carboxylic acids is 2. The molecule has 21 heavy (non-hydrogen) atoms. The Morgan fingerprint density at radius 3 is 2.48 bits per heavy atom. The molecule has 1 fully saturated rings. The van der Waals surface area contributed by atoms with Gasteiger partial charge in [-0.15, -0.1) is 0 Å². The van der Waals surface area contributed by atoms with Crippen molar-refractivity contribution in [2.75, 3.05) is 7.11 Å². The van der Waals surface area contributed by atoms with Gasteiger partial charge in [-0.25, -0.2) is 0 Å². The van der Waals surface area contributed by atoms with Crippen LogP contribution in [-0.2, 0) is 9.59 Å². The zero-order chi connectivity index (χ0) is 15.2. The van der Waals surface area contributed by atoms with Crippen molar-refractivity contribution in [3.8, 4) is 5.75 Å². The first kappa shape index (κ1) is 13.9. The summed E-state index contributed by atoms with van der Waals surface area (Å²) in [5, 5.41) is 0.890. The van der Waals surface area contributed by atoms with Gasteiger partial charge in [0.25, 0.3) is 0 Å². The molecule has 110 valence electrons. The fourth-order valence-electron chi connectivity index (χ4n) is 3.22. The molecule has 1 aromatic carbocycles. The zero-order valence-electron chi connectivity index (χ0n) is 12.5. The summed E-state index contributed by atoms with van der Waals surface area (Å²) in [6.45, 7) is 3.94. The van der Waals surface area contributed by atoms with E-state index in [1.54, 1.807) is 13.3 Å². The van der Waals surface area contributed by atoms with Crippen molar-refractivity contribution >= 4 is 22.5 Å². The van der Waals surface area contributed by atoms with E-state index in [1.165, 1.54) is 0 Å². The van der Waals surface area contributed by atoms with Crippen molar-refractivity contribution in [3.63, 3.8) is 0 Å². The summed E-state index contributed by atoms with van der Waals surface area (Å²) in [4.78, 5) is 28.0. The minimum Gasteiger partial charge on any atom is -0.497 e. The number of fused-ring (bicyclic) bond motifs is 1. The van der Waals surface area contributed by atoms with Crippen LogP contribution in [0.2, 0.25) is 0 Å². The molecule has 1 aliphatic rings. The molecular weight excluding hydrogens is 266 g/mol. The van der Waals surface area contributed by atoms with Gasteiger partial charge in [0.15, 0.2) is 0 Å². The molecule has 0 aliphatic heterocycles. The van der Waals surface area contributed by atoms with Gasteiger partial charge in [0, 0.05) is 29.9 Å². The number of hydrogen-bond acceptors (Lipinski definition) is 3. The number of benzene rings is 1. The van der Waals surface area contributed by atoms with Gasteiger partial charge in [-0.05, 0) is 29.2 Å². The monoisotopic (exact) mass is 285 g/mol. The van der Waals surface area contributed by atoms with E-state index in [0.29, 0.717) is 12.8 Å². The SMILES string of the molecule is COc1ccc2[nH]cc(C3C(=O)CC(C)(C)CC3=O)c2c1. The minimum atomic E-state index is -0.640. The fourth-order valence-corrected chi connectivity index (χ4v) is 3.22. The maximum Gasteiger partial charge on any atom is 0.148 e. The van der Waals surface area contributed by atoms with Gasteiger partial charge in [0.05, 0.1) is 7.11 Å². The topological polar surface area (TPSA) is 59.2 Å². The maximum atomic E-state index is 12.5. The first-order valence-electron chi connectivity index (χ1n) is 7.12. The van der Waals surface area contributed by atoms with E-state index in [9.17, 15) is 9.59 Å². The smallest absolute Gasteiger partial charge is 0.148 e. The first-order valence-corrected chi connectivity index (χ1v) is 7.12. The van der Waals surface area contributed by atoms with Gasteiger partial charge in [-0.1, -0.05) is 13.8 Å². The molecule has 1 heterocycles. The summed E-state index contributed by atoms with van der Waals surface area (Å²) in [6.07, 6.45) is 2.67. The summed E-state index contributed by atoms with van der Waals surface area (Å²) in [5.74, 6) is 0.109. The molecule has 4 nitrogen and oxygen atoms in total. The largest absolute Gasteiger partial charge is 0.497 e. The number of aromatic amines is 1. The Hall–Kier alpha value is -2.10.